The molecule has 4 nitrogen and oxygen atoms in total. The van der Waals surface area contributed by atoms with Crippen LogP contribution in [0.25, 0.3) is 6.08 Å². The van der Waals surface area contributed by atoms with E-state index >= 15 is 0 Å². The summed E-state index contributed by atoms with van der Waals surface area (Å²) in [6, 6.07) is 14.5. The molecule has 0 saturated carbocycles. The maximum Gasteiger partial charge on any atom is 0.232 e. The average molecular weight is 446 g/mol. The van der Waals surface area contributed by atoms with Gasteiger partial charge in [-0.1, -0.05) is 51.1 Å². The summed E-state index contributed by atoms with van der Waals surface area (Å²) in [5, 5.41) is 2.09. The van der Waals surface area contributed by atoms with Crippen molar-refractivity contribution in [2.24, 2.45) is 0 Å². The molecule has 0 N–H and O–H groups in total. The van der Waals surface area contributed by atoms with Gasteiger partial charge in [-0.2, -0.15) is 0 Å². The molecule has 164 valence electrons. The highest BCUT2D eigenvalue weighted by molar-refractivity contribution is 7.09. The van der Waals surface area contributed by atoms with Crippen LogP contribution in [0.15, 0.2) is 53.6 Å². The third-order valence-corrected chi connectivity index (χ3v) is 6.88. The van der Waals surface area contributed by atoms with Crippen LogP contribution in [-0.4, -0.2) is 17.4 Å². The number of rotatable bonds is 3. The van der Waals surface area contributed by atoms with E-state index in [4.69, 9.17) is 9.47 Å². The van der Waals surface area contributed by atoms with Gasteiger partial charge in [0.15, 0.2) is 5.76 Å². The number of nitrogens with zero attached hydrogens (tertiary/aromatic N) is 1. The number of carbonyl (C=O) groups excluding carboxylic acids is 1. The zero-order chi connectivity index (χ0) is 22.5. The second-order valence-electron chi connectivity index (χ2n) is 9.53. The monoisotopic (exact) mass is 445 g/mol. The molecule has 0 amide bonds. The molecule has 3 heterocycles. The predicted molar refractivity (Wildman–Crippen MR) is 128 cm³/mol. The topological polar surface area (TPSA) is 38.8 Å². The van der Waals surface area contributed by atoms with Gasteiger partial charge >= 0.3 is 0 Å². The van der Waals surface area contributed by atoms with Gasteiger partial charge in [0, 0.05) is 18.0 Å². The first-order valence-electron chi connectivity index (χ1n) is 10.9. The number of ketones is 1. The SMILES string of the molecule is Cc1cc2c(c3c1C(=O)/C(=C/c1ccc(C(C)(C)C)cc1)O3)CN(Cc1cccs1)CO2. The van der Waals surface area contributed by atoms with Crippen LogP contribution in [0.1, 0.15) is 58.3 Å². The molecule has 0 aliphatic carbocycles. The third-order valence-electron chi connectivity index (χ3n) is 6.02. The second kappa shape index (κ2) is 7.91. The average Bonchev–Trinajstić information content (AvgIpc) is 3.37. The molecule has 0 atom stereocenters. The van der Waals surface area contributed by atoms with Gasteiger partial charge in [-0.25, -0.2) is 0 Å². The van der Waals surface area contributed by atoms with Gasteiger partial charge in [-0.05, 0) is 52.6 Å². The number of hydrogen-bond donors (Lipinski definition) is 0. The molecular formula is C27H27NO3S. The quantitative estimate of drug-likeness (QED) is 0.442. The van der Waals surface area contributed by atoms with E-state index in [-0.39, 0.29) is 11.2 Å². The maximum absolute atomic E-state index is 13.2. The van der Waals surface area contributed by atoms with Crippen molar-refractivity contribution in [1.82, 2.24) is 4.90 Å². The van der Waals surface area contributed by atoms with Gasteiger partial charge in [0.2, 0.25) is 5.78 Å². The Labute approximate surface area is 193 Å². The normalized spacial score (nSPS) is 17.1. The summed E-state index contributed by atoms with van der Waals surface area (Å²) < 4.78 is 12.2. The lowest BCUT2D eigenvalue weighted by Crippen LogP contribution is -2.31. The lowest BCUT2D eigenvalue weighted by Gasteiger charge is -2.29. The Hall–Kier alpha value is -2.89. The Kier molecular flexibility index (Phi) is 5.19. The lowest BCUT2D eigenvalue weighted by molar-refractivity contribution is 0.0881. The van der Waals surface area contributed by atoms with E-state index in [9.17, 15) is 4.79 Å². The number of allylic oxidation sites excluding steroid dienone is 1. The smallest absolute Gasteiger partial charge is 0.232 e. The second-order valence-corrected chi connectivity index (χ2v) is 10.6. The standard InChI is InChI=1S/C27H27NO3S/c1-17-12-22-21(15-28(16-30-22)14-20-6-5-11-32-20)26-24(17)25(29)23(31-26)13-18-7-9-19(10-8-18)27(2,3)4/h5-13H,14-16H2,1-4H3/b23-13-. The van der Waals surface area contributed by atoms with Gasteiger partial charge in [0.1, 0.15) is 18.2 Å². The Morgan fingerprint density at radius 1 is 1.16 bits per heavy atom. The minimum absolute atomic E-state index is 0.0596. The van der Waals surface area contributed by atoms with Crippen molar-refractivity contribution in [3.63, 3.8) is 0 Å². The largest absolute Gasteiger partial charge is 0.478 e. The summed E-state index contributed by atoms with van der Waals surface area (Å²) in [6.07, 6.45) is 1.84. The van der Waals surface area contributed by atoms with Crippen LogP contribution in [-0.2, 0) is 18.5 Å². The Morgan fingerprint density at radius 2 is 1.94 bits per heavy atom. The van der Waals surface area contributed by atoms with Crippen LogP contribution in [0.3, 0.4) is 0 Å². The van der Waals surface area contributed by atoms with Gasteiger partial charge < -0.3 is 9.47 Å². The first kappa shape index (κ1) is 21.0. The molecule has 0 fully saturated rings. The van der Waals surface area contributed by atoms with E-state index < -0.39 is 0 Å². The molecule has 2 aliphatic heterocycles. The summed E-state index contributed by atoms with van der Waals surface area (Å²) in [5.41, 5.74) is 4.80. The number of fused-ring (bicyclic) bond motifs is 3. The number of carbonyl (C=O) groups is 1. The molecule has 0 unspecified atom stereocenters. The summed E-state index contributed by atoms with van der Waals surface area (Å²) in [7, 11) is 0. The van der Waals surface area contributed by atoms with Crippen molar-refractivity contribution >= 4 is 23.2 Å². The number of benzene rings is 2. The molecule has 2 aliphatic rings. The highest BCUT2D eigenvalue weighted by atomic mass is 32.1. The molecule has 1 aromatic heterocycles. The molecular weight excluding hydrogens is 418 g/mol. The molecule has 5 heteroatoms. The predicted octanol–water partition coefficient (Wildman–Crippen LogP) is 6.32. The minimum atomic E-state index is -0.0596. The highest BCUT2D eigenvalue weighted by Gasteiger charge is 2.35. The maximum atomic E-state index is 13.2. The minimum Gasteiger partial charge on any atom is -0.478 e. The van der Waals surface area contributed by atoms with Crippen LogP contribution in [0.2, 0.25) is 0 Å². The molecule has 0 bridgehead atoms. The zero-order valence-electron chi connectivity index (χ0n) is 18.9. The van der Waals surface area contributed by atoms with Gasteiger partial charge in [-0.15, -0.1) is 11.3 Å². The fourth-order valence-electron chi connectivity index (χ4n) is 4.23. The number of thiophene rings is 1. The van der Waals surface area contributed by atoms with E-state index in [0.717, 1.165) is 29.0 Å². The van der Waals surface area contributed by atoms with Crippen molar-refractivity contribution in [2.75, 3.05) is 6.73 Å². The molecule has 5 rings (SSSR count). The third kappa shape index (κ3) is 3.87. The van der Waals surface area contributed by atoms with Crippen LogP contribution in [0, 0.1) is 6.92 Å². The van der Waals surface area contributed by atoms with E-state index in [0.29, 0.717) is 30.3 Å². The number of hydrogen-bond acceptors (Lipinski definition) is 5. The fraction of sp³-hybridized carbons (Fsp3) is 0.296. The van der Waals surface area contributed by atoms with Crippen LogP contribution >= 0.6 is 11.3 Å². The molecule has 0 spiro atoms. The van der Waals surface area contributed by atoms with Crippen molar-refractivity contribution in [2.45, 2.75) is 46.2 Å². The van der Waals surface area contributed by atoms with Crippen molar-refractivity contribution in [3.8, 4) is 11.5 Å². The van der Waals surface area contributed by atoms with Crippen LogP contribution in [0.5, 0.6) is 11.5 Å². The first-order valence-corrected chi connectivity index (χ1v) is 11.8. The van der Waals surface area contributed by atoms with E-state index in [1.54, 1.807) is 11.3 Å². The zero-order valence-corrected chi connectivity index (χ0v) is 19.7. The summed E-state index contributed by atoms with van der Waals surface area (Å²) in [6.45, 7) is 10.6. The fourth-order valence-corrected chi connectivity index (χ4v) is 4.98. The lowest BCUT2D eigenvalue weighted by atomic mass is 9.86. The highest BCUT2D eigenvalue weighted by Crippen LogP contribution is 2.44. The van der Waals surface area contributed by atoms with E-state index in [2.05, 4.69) is 55.3 Å². The number of aryl methyl sites for hydroxylation is 1. The van der Waals surface area contributed by atoms with Crippen LogP contribution in [0.4, 0.5) is 0 Å². The van der Waals surface area contributed by atoms with Crippen molar-refractivity contribution < 1.29 is 14.3 Å². The summed E-state index contributed by atoms with van der Waals surface area (Å²) in [4.78, 5) is 16.7. The Morgan fingerprint density at radius 3 is 2.62 bits per heavy atom. The molecule has 0 radical (unpaired) electrons. The van der Waals surface area contributed by atoms with Crippen molar-refractivity contribution in [3.05, 3.63) is 86.3 Å². The summed E-state index contributed by atoms with van der Waals surface area (Å²) >= 11 is 1.74. The molecule has 3 aromatic rings. The van der Waals surface area contributed by atoms with E-state index in [1.165, 1.54) is 10.4 Å². The summed E-state index contributed by atoms with van der Waals surface area (Å²) in [5.74, 6) is 1.77. The van der Waals surface area contributed by atoms with Crippen molar-refractivity contribution in [1.29, 1.82) is 0 Å². The molecule has 2 aromatic carbocycles. The number of Topliss-reactive ketones (excluding diaryl/α,β-unsaturated/α-hetero) is 1. The van der Waals surface area contributed by atoms with E-state index in [1.807, 2.05) is 31.2 Å². The Balaban J connectivity index is 1.44. The molecule has 32 heavy (non-hydrogen) atoms. The van der Waals surface area contributed by atoms with Gasteiger partial charge in [0.05, 0.1) is 11.1 Å². The van der Waals surface area contributed by atoms with Gasteiger partial charge in [-0.3, -0.25) is 9.69 Å². The molecule has 0 saturated heterocycles. The Bertz CT molecular complexity index is 1200. The first-order chi connectivity index (χ1) is 15.3. The van der Waals surface area contributed by atoms with Gasteiger partial charge in [0.25, 0.3) is 0 Å². The number of ether oxygens (including phenoxy) is 2. The van der Waals surface area contributed by atoms with Crippen LogP contribution < -0.4 is 9.47 Å².